The average Bonchev–Trinajstić information content (AvgIpc) is 2.70. The normalized spacial score (nSPS) is 24.8. The minimum absolute atomic E-state index is 0.262. The van der Waals surface area contributed by atoms with Crippen molar-refractivity contribution in [3.8, 4) is 0 Å². The van der Waals surface area contributed by atoms with Crippen molar-refractivity contribution in [1.82, 2.24) is 4.98 Å². The fraction of sp³-hybridized carbons (Fsp3) is 0.533. The number of aryl methyl sites for hydroxylation is 2. The molecule has 4 N–H and O–H groups in total. The molecule has 0 aromatic carbocycles. The maximum atomic E-state index is 11.6. The minimum atomic E-state index is -0.853. The number of aromatic nitrogens is 1. The predicted molar refractivity (Wildman–Crippen MR) is 79.2 cm³/mol. The number of amides is 1. The van der Waals surface area contributed by atoms with Crippen LogP contribution in [0.3, 0.4) is 0 Å². The molecule has 0 spiro atoms. The molecule has 0 aliphatic heterocycles. The molecule has 0 saturated heterocycles. The van der Waals surface area contributed by atoms with Crippen LogP contribution < -0.4 is 11.1 Å². The zero-order chi connectivity index (χ0) is 15.8. The molecule has 6 nitrogen and oxygen atoms in total. The van der Waals surface area contributed by atoms with E-state index >= 15 is 0 Å². The Labute approximate surface area is 123 Å². The lowest BCUT2D eigenvalue weighted by Crippen LogP contribution is -2.40. The van der Waals surface area contributed by atoms with E-state index in [9.17, 15) is 14.7 Å². The molecule has 1 amide bonds. The molecule has 1 aromatic heterocycles. The number of hydrogen-bond acceptors (Lipinski definition) is 4. The summed E-state index contributed by atoms with van der Waals surface area (Å²) in [6, 6.07) is 1.53. The summed E-state index contributed by atoms with van der Waals surface area (Å²) in [5.74, 6) is -1.00. The van der Waals surface area contributed by atoms with Crippen LogP contribution in [-0.4, -0.2) is 28.0 Å². The lowest BCUT2D eigenvalue weighted by atomic mass is 9.85. The lowest BCUT2D eigenvalue weighted by molar-refractivity contribution is -0.147. The van der Waals surface area contributed by atoms with Gasteiger partial charge >= 0.3 is 5.97 Å². The van der Waals surface area contributed by atoms with Gasteiger partial charge in [-0.1, -0.05) is 6.42 Å². The fourth-order valence-electron chi connectivity index (χ4n) is 3.07. The second kappa shape index (κ2) is 5.35. The number of nitrogens with zero attached hydrogens (tertiary/aromatic N) is 1. The van der Waals surface area contributed by atoms with Crippen molar-refractivity contribution in [2.24, 2.45) is 11.1 Å². The lowest BCUT2D eigenvalue weighted by Gasteiger charge is -2.29. The first kappa shape index (κ1) is 15.3. The summed E-state index contributed by atoms with van der Waals surface area (Å²) >= 11 is 0. The van der Waals surface area contributed by atoms with Crippen LogP contribution in [0.2, 0.25) is 0 Å². The SMILES string of the molecule is Cc1cc(C)c(C(N)=O)c(NC2CCCC2(C)C(=O)O)n1. The Morgan fingerprint density at radius 3 is 2.71 bits per heavy atom. The molecule has 1 saturated carbocycles. The van der Waals surface area contributed by atoms with Gasteiger partial charge in [-0.2, -0.15) is 0 Å². The summed E-state index contributed by atoms with van der Waals surface area (Å²) in [6.45, 7) is 5.35. The van der Waals surface area contributed by atoms with E-state index in [-0.39, 0.29) is 6.04 Å². The standard InChI is InChI=1S/C15H21N3O3/c1-8-7-9(2)17-13(11(8)12(16)19)18-10-5-4-6-15(10,3)14(20)21/h7,10H,4-6H2,1-3H3,(H2,16,19)(H,17,18)(H,20,21). The Morgan fingerprint density at radius 2 is 2.14 bits per heavy atom. The molecule has 0 radical (unpaired) electrons. The van der Waals surface area contributed by atoms with E-state index < -0.39 is 17.3 Å². The number of primary amides is 1. The van der Waals surface area contributed by atoms with E-state index in [4.69, 9.17) is 5.73 Å². The molecule has 1 fully saturated rings. The molecule has 6 heteroatoms. The van der Waals surface area contributed by atoms with Gasteiger partial charge in [0, 0.05) is 11.7 Å². The number of nitrogens with two attached hydrogens (primary N) is 1. The number of rotatable bonds is 4. The molecular weight excluding hydrogens is 270 g/mol. The van der Waals surface area contributed by atoms with Crippen LogP contribution in [0.15, 0.2) is 6.07 Å². The van der Waals surface area contributed by atoms with Gasteiger partial charge in [0.25, 0.3) is 5.91 Å². The van der Waals surface area contributed by atoms with Gasteiger partial charge in [-0.15, -0.1) is 0 Å². The highest BCUT2D eigenvalue weighted by Gasteiger charge is 2.45. The Balaban J connectivity index is 2.40. The molecule has 2 atom stereocenters. The summed E-state index contributed by atoms with van der Waals surface area (Å²) in [7, 11) is 0. The number of carboxylic acid groups (broad SMARTS) is 1. The Morgan fingerprint density at radius 1 is 1.48 bits per heavy atom. The molecule has 2 unspecified atom stereocenters. The Bertz CT molecular complexity index is 600. The van der Waals surface area contributed by atoms with Crippen molar-refractivity contribution in [3.05, 3.63) is 22.9 Å². The van der Waals surface area contributed by atoms with Crippen molar-refractivity contribution in [2.75, 3.05) is 5.32 Å². The van der Waals surface area contributed by atoms with E-state index in [2.05, 4.69) is 10.3 Å². The number of hydrogen-bond donors (Lipinski definition) is 3. The number of carboxylic acids is 1. The Hall–Kier alpha value is -2.11. The Kier molecular flexibility index (Phi) is 3.89. The van der Waals surface area contributed by atoms with E-state index in [1.54, 1.807) is 19.9 Å². The number of nitrogens with one attached hydrogen (secondary N) is 1. The van der Waals surface area contributed by atoms with Crippen molar-refractivity contribution in [2.45, 2.75) is 46.1 Å². The summed E-state index contributed by atoms with van der Waals surface area (Å²) in [6.07, 6.45) is 2.17. The molecule has 1 aromatic rings. The topological polar surface area (TPSA) is 105 Å². The zero-order valence-electron chi connectivity index (χ0n) is 12.6. The van der Waals surface area contributed by atoms with Gasteiger partial charge in [-0.05, 0) is 45.2 Å². The number of carbonyl (C=O) groups excluding carboxylic acids is 1. The van der Waals surface area contributed by atoms with Gasteiger partial charge in [0.1, 0.15) is 5.82 Å². The molecule has 0 bridgehead atoms. The summed E-state index contributed by atoms with van der Waals surface area (Å²) in [5, 5.41) is 12.6. The van der Waals surface area contributed by atoms with Crippen molar-refractivity contribution in [3.63, 3.8) is 0 Å². The fourth-order valence-corrected chi connectivity index (χ4v) is 3.07. The van der Waals surface area contributed by atoms with Crippen molar-refractivity contribution >= 4 is 17.7 Å². The number of pyridine rings is 1. The van der Waals surface area contributed by atoms with E-state index in [0.29, 0.717) is 17.8 Å². The van der Waals surface area contributed by atoms with E-state index in [1.165, 1.54) is 0 Å². The molecule has 114 valence electrons. The second-order valence-electron chi connectivity index (χ2n) is 5.98. The first-order valence-electron chi connectivity index (χ1n) is 7.03. The number of carbonyl (C=O) groups is 2. The van der Waals surface area contributed by atoms with Gasteiger partial charge in [0.2, 0.25) is 0 Å². The van der Waals surface area contributed by atoms with Crippen molar-refractivity contribution in [1.29, 1.82) is 0 Å². The first-order valence-corrected chi connectivity index (χ1v) is 7.03. The number of aliphatic carboxylic acids is 1. The summed E-state index contributed by atoms with van der Waals surface area (Å²) in [4.78, 5) is 27.5. The molecule has 1 aliphatic rings. The molecule has 1 aliphatic carbocycles. The molecular formula is C15H21N3O3. The predicted octanol–water partition coefficient (Wildman–Crippen LogP) is 1.85. The average molecular weight is 291 g/mol. The van der Waals surface area contributed by atoms with Gasteiger partial charge < -0.3 is 16.2 Å². The smallest absolute Gasteiger partial charge is 0.311 e. The molecule has 21 heavy (non-hydrogen) atoms. The van der Waals surface area contributed by atoms with Crippen molar-refractivity contribution < 1.29 is 14.7 Å². The second-order valence-corrected chi connectivity index (χ2v) is 5.98. The van der Waals surface area contributed by atoms with E-state index in [1.807, 2.05) is 6.92 Å². The highest BCUT2D eigenvalue weighted by atomic mass is 16.4. The zero-order valence-corrected chi connectivity index (χ0v) is 12.6. The largest absolute Gasteiger partial charge is 0.481 e. The van der Waals surface area contributed by atoms with E-state index in [0.717, 1.165) is 24.1 Å². The first-order chi connectivity index (χ1) is 9.75. The van der Waals surface area contributed by atoms with Gasteiger partial charge in [-0.25, -0.2) is 4.98 Å². The van der Waals surface area contributed by atoms with Crippen LogP contribution in [0.1, 0.15) is 47.8 Å². The summed E-state index contributed by atoms with van der Waals surface area (Å²) in [5.41, 5.74) is 6.41. The third kappa shape index (κ3) is 2.70. The van der Waals surface area contributed by atoms with Gasteiger partial charge in [-0.3, -0.25) is 9.59 Å². The van der Waals surface area contributed by atoms with Crippen LogP contribution in [0.4, 0.5) is 5.82 Å². The third-order valence-corrected chi connectivity index (χ3v) is 4.35. The third-order valence-electron chi connectivity index (χ3n) is 4.35. The van der Waals surface area contributed by atoms with Crippen LogP contribution >= 0.6 is 0 Å². The minimum Gasteiger partial charge on any atom is -0.481 e. The van der Waals surface area contributed by atoms with Crippen LogP contribution in [0, 0.1) is 19.3 Å². The van der Waals surface area contributed by atoms with Gasteiger partial charge in [0.15, 0.2) is 0 Å². The quantitative estimate of drug-likeness (QED) is 0.785. The highest BCUT2D eigenvalue weighted by Crippen LogP contribution is 2.40. The molecule has 2 rings (SSSR count). The molecule has 1 heterocycles. The maximum Gasteiger partial charge on any atom is 0.311 e. The van der Waals surface area contributed by atoms with Gasteiger partial charge in [0.05, 0.1) is 11.0 Å². The maximum absolute atomic E-state index is 11.6. The van der Waals surface area contributed by atoms with Crippen LogP contribution in [0.25, 0.3) is 0 Å². The highest BCUT2D eigenvalue weighted by molar-refractivity contribution is 5.99. The van der Waals surface area contributed by atoms with Crippen LogP contribution in [-0.2, 0) is 4.79 Å². The number of anilines is 1. The van der Waals surface area contributed by atoms with Crippen LogP contribution in [0.5, 0.6) is 0 Å². The summed E-state index contributed by atoms with van der Waals surface area (Å²) < 4.78 is 0. The monoisotopic (exact) mass is 291 g/mol.